The van der Waals surface area contributed by atoms with Gasteiger partial charge in [-0.25, -0.2) is 0 Å². The molecule has 1 rings (SSSR count). The molecule has 20 heavy (non-hydrogen) atoms. The van der Waals surface area contributed by atoms with E-state index in [4.69, 9.17) is 4.74 Å². The number of hydrogen-bond donors (Lipinski definition) is 1. The van der Waals surface area contributed by atoms with Gasteiger partial charge in [0.25, 0.3) is 0 Å². The molecular formula is C17H36N2O. The largest absolute Gasteiger partial charge is 0.383 e. The highest BCUT2D eigenvalue weighted by molar-refractivity contribution is 4.81. The van der Waals surface area contributed by atoms with Crippen LogP contribution in [0.4, 0.5) is 0 Å². The summed E-state index contributed by atoms with van der Waals surface area (Å²) in [5.74, 6) is 0.902. The van der Waals surface area contributed by atoms with Crippen molar-refractivity contribution in [3.63, 3.8) is 0 Å². The molecule has 0 amide bonds. The Bertz CT molecular complexity index is 250. The van der Waals surface area contributed by atoms with E-state index in [0.29, 0.717) is 5.41 Å². The van der Waals surface area contributed by atoms with E-state index in [1.807, 2.05) is 0 Å². The third-order valence-corrected chi connectivity index (χ3v) is 4.80. The van der Waals surface area contributed by atoms with E-state index < -0.39 is 0 Å². The summed E-state index contributed by atoms with van der Waals surface area (Å²) >= 11 is 0. The number of ether oxygens (including phenoxy) is 1. The first-order chi connectivity index (χ1) is 9.43. The van der Waals surface area contributed by atoms with Crippen molar-refractivity contribution in [3.8, 4) is 0 Å². The standard InChI is InChI=1S/C17H36N2O/c1-17(2,3)15-7-6-8-16(10-9-15)18-11-12-19(4)13-14-20-5/h15-16,18H,6-14H2,1-5H3. The first-order valence-electron chi connectivity index (χ1n) is 8.34. The van der Waals surface area contributed by atoms with Gasteiger partial charge in [-0.2, -0.15) is 0 Å². The summed E-state index contributed by atoms with van der Waals surface area (Å²) in [6.45, 7) is 11.3. The van der Waals surface area contributed by atoms with Crippen LogP contribution < -0.4 is 5.32 Å². The fourth-order valence-corrected chi connectivity index (χ4v) is 3.19. The highest BCUT2D eigenvalue weighted by atomic mass is 16.5. The SMILES string of the molecule is COCCN(C)CCNC1CCCC(C(C)(C)C)CC1. The van der Waals surface area contributed by atoms with Gasteiger partial charge in [0.2, 0.25) is 0 Å². The molecule has 1 saturated carbocycles. The number of nitrogens with one attached hydrogen (secondary N) is 1. The van der Waals surface area contributed by atoms with E-state index in [2.05, 4.69) is 38.0 Å². The van der Waals surface area contributed by atoms with Gasteiger partial charge < -0.3 is 15.0 Å². The maximum absolute atomic E-state index is 5.11. The second kappa shape index (κ2) is 9.01. The van der Waals surface area contributed by atoms with Gasteiger partial charge in [0.1, 0.15) is 0 Å². The monoisotopic (exact) mass is 284 g/mol. The summed E-state index contributed by atoms with van der Waals surface area (Å²) in [4.78, 5) is 2.34. The van der Waals surface area contributed by atoms with E-state index in [1.54, 1.807) is 7.11 Å². The van der Waals surface area contributed by atoms with Crippen LogP contribution in [0.15, 0.2) is 0 Å². The Labute approximate surface area is 126 Å². The molecule has 1 N–H and O–H groups in total. The van der Waals surface area contributed by atoms with Gasteiger partial charge in [-0.1, -0.05) is 27.2 Å². The second-order valence-corrected chi connectivity index (χ2v) is 7.52. The van der Waals surface area contributed by atoms with Crippen molar-refractivity contribution in [2.45, 2.75) is 58.9 Å². The highest BCUT2D eigenvalue weighted by Gasteiger charge is 2.27. The predicted octanol–water partition coefficient (Wildman–Crippen LogP) is 3.15. The van der Waals surface area contributed by atoms with Crippen LogP contribution in [0.2, 0.25) is 0 Å². The predicted molar refractivity (Wildman–Crippen MR) is 87.2 cm³/mol. The molecule has 2 unspecified atom stereocenters. The van der Waals surface area contributed by atoms with Gasteiger partial charge >= 0.3 is 0 Å². The molecule has 0 spiro atoms. The Balaban J connectivity index is 2.19. The van der Waals surface area contributed by atoms with Crippen LogP contribution in [0.5, 0.6) is 0 Å². The normalized spacial score (nSPS) is 24.9. The molecule has 1 fully saturated rings. The molecule has 0 aromatic rings. The minimum atomic E-state index is 0.481. The molecule has 3 nitrogen and oxygen atoms in total. The molecule has 0 aliphatic heterocycles. The number of methoxy groups -OCH3 is 1. The summed E-state index contributed by atoms with van der Waals surface area (Å²) in [7, 11) is 3.94. The van der Waals surface area contributed by atoms with Crippen LogP contribution in [0.3, 0.4) is 0 Å². The fourth-order valence-electron chi connectivity index (χ4n) is 3.19. The zero-order valence-corrected chi connectivity index (χ0v) is 14.4. The summed E-state index contributed by atoms with van der Waals surface area (Å²) < 4.78 is 5.11. The van der Waals surface area contributed by atoms with Gasteiger partial charge in [-0.3, -0.25) is 0 Å². The number of rotatable bonds is 7. The maximum atomic E-state index is 5.11. The smallest absolute Gasteiger partial charge is 0.0589 e. The third-order valence-electron chi connectivity index (χ3n) is 4.80. The molecule has 0 radical (unpaired) electrons. The molecule has 0 bridgehead atoms. The van der Waals surface area contributed by atoms with Crippen molar-refractivity contribution >= 4 is 0 Å². The van der Waals surface area contributed by atoms with Crippen molar-refractivity contribution in [3.05, 3.63) is 0 Å². The summed E-state index contributed by atoms with van der Waals surface area (Å²) in [6.07, 6.45) is 6.90. The Hall–Kier alpha value is -0.120. The quantitative estimate of drug-likeness (QED) is 0.727. The molecule has 1 aliphatic rings. The molecule has 2 atom stereocenters. The van der Waals surface area contributed by atoms with Gasteiger partial charge in [0, 0.05) is 32.8 Å². The van der Waals surface area contributed by atoms with Crippen LogP contribution in [-0.2, 0) is 4.74 Å². The van der Waals surface area contributed by atoms with E-state index in [0.717, 1.165) is 38.2 Å². The average Bonchev–Trinajstić information content (AvgIpc) is 2.61. The van der Waals surface area contributed by atoms with E-state index in [1.165, 1.54) is 32.1 Å². The molecular weight excluding hydrogens is 248 g/mol. The topological polar surface area (TPSA) is 24.5 Å². The Kier molecular flexibility index (Phi) is 8.08. The van der Waals surface area contributed by atoms with Gasteiger partial charge in [0.05, 0.1) is 6.61 Å². The Morgan fingerprint density at radius 3 is 2.50 bits per heavy atom. The molecule has 0 aromatic heterocycles. The Morgan fingerprint density at radius 2 is 1.85 bits per heavy atom. The second-order valence-electron chi connectivity index (χ2n) is 7.52. The average molecular weight is 284 g/mol. The summed E-state index contributed by atoms with van der Waals surface area (Å²) in [6, 6.07) is 0.734. The number of nitrogens with zero attached hydrogens (tertiary/aromatic N) is 1. The lowest BCUT2D eigenvalue weighted by Gasteiger charge is -2.29. The molecule has 3 heteroatoms. The third kappa shape index (κ3) is 7.05. The molecule has 1 aliphatic carbocycles. The zero-order chi connectivity index (χ0) is 15.0. The molecule has 0 saturated heterocycles. The molecule has 0 heterocycles. The van der Waals surface area contributed by atoms with E-state index in [9.17, 15) is 0 Å². The van der Waals surface area contributed by atoms with Gasteiger partial charge in [-0.15, -0.1) is 0 Å². The minimum Gasteiger partial charge on any atom is -0.383 e. The van der Waals surface area contributed by atoms with Crippen LogP contribution in [-0.4, -0.2) is 51.3 Å². The molecule has 120 valence electrons. The lowest BCUT2D eigenvalue weighted by atomic mass is 9.76. The first kappa shape index (κ1) is 17.9. The van der Waals surface area contributed by atoms with Crippen LogP contribution >= 0.6 is 0 Å². The fraction of sp³-hybridized carbons (Fsp3) is 1.00. The van der Waals surface area contributed by atoms with Gasteiger partial charge in [-0.05, 0) is 44.1 Å². The zero-order valence-electron chi connectivity index (χ0n) is 14.4. The van der Waals surface area contributed by atoms with Crippen molar-refractivity contribution in [1.82, 2.24) is 10.2 Å². The van der Waals surface area contributed by atoms with Crippen LogP contribution in [0, 0.1) is 11.3 Å². The minimum absolute atomic E-state index is 0.481. The van der Waals surface area contributed by atoms with Crippen molar-refractivity contribution in [2.24, 2.45) is 11.3 Å². The van der Waals surface area contributed by atoms with Crippen LogP contribution in [0.1, 0.15) is 52.9 Å². The Morgan fingerprint density at radius 1 is 1.10 bits per heavy atom. The molecule has 0 aromatic carbocycles. The lowest BCUT2D eigenvalue weighted by Crippen LogP contribution is -2.36. The van der Waals surface area contributed by atoms with Gasteiger partial charge in [0.15, 0.2) is 0 Å². The summed E-state index contributed by atoms with van der Waals surface area (Å²) in [5.41, 5.74) is 0.481. The number of likely N-dealkylation sites (N-methyl/N-ethyl adjacent to an activating group) is 1. The highest BCUT2D eigenvalue weighted by Crippen LogP contribution is 2.36. The van der Waals surface area contributed by atoms with E-state index >= 15 is 0 Å². The number of hydrogen-bond acceptors (Lipinski definition) is 3. The first-order valence-corrected chi connectivity index (χ1v) is 8.34. The van der Waals surface area contributed by atoms with Crippen molar-refractivity contribution in [2.75, 3.05) is 40.4 Å². The maximum Gasteiger partial charge on any atom is 0.0589 e. The van der Waals surface area contributed by atoms with Crippen molar-refractivity contribution < 1.29 is 4.74 Å². The lowest BCUT2D eigenvalue weighted by molar-refractivity contribution is 0.161. The summed E-state index contributed by atoms with van der Waals surface area (Å²) in [5, 5.41) is 3.76. The van der Waals surface area contributed by atoms with Crippen LogP contribution in [0.25, 0.3) is 0 Å². The van der Waals surface area contributed by atoms with E-state index in [-0.39, 0.29) is 0 Å². The van der Waals surface area contributed by atoms with Crippen molar-refractivity contribution in [1.29, 1.82) is 0 Å².